The summed E-state index contributed by atoms with van der Waals surface area (Å²) < 4.78 is 23.1. The molecular formula is C31H47FN8O2. The van der Waals surface area contributed by atoms with Crippen LogP contribution in [0.1, 0.15) is 86.6 Å². The standard InChI is InChI=1S/C31H47FN8O2/c1-22-19-34-20-24(27(22)39-15-13-38(14-16-39)23-9-17-42-18-10-23)36-30(41)26-28(33)37-40-29(26)35-21-25(32)31(40)11-7-5-3-2-4-6-8-12-31/h19-20,23,25,35H,2-18,21H2,1H3,(H2,33,37)(H,36,41). The third-order valence-electron chi connectivity index (χ3n) is 10.00. The van der Waals surface area contributed by atoms with Crippen LogP contribution in [0.3, 0.4) is 0 Å². The maximum Gasteiger partial charge on any atom is 0.263 e. The van der Waals surface area contributed by atoms with E-state index in [-0.39, 0.29) is 23.8 Å². The molecule has 0 radical (unpaired) electrons. The minimum absolute atomic E-state index is 0.132. The van der Waals surface area contributed by atoms with Crippen molar-refractivity contribution < 1.29 is 13.9 Å². The van der Waals surface area contributed by atoms with E-state index in [0.29, 0.717) is 30.4 Å². The van der Waals surface area contributed by atoms with E-state index < -0.39 is 11.7 Å². The first-order valence-corrected chi connectivity index (χ1v) is 16.1. The van der Waals surface area contributed by atoms with Crippen LogP contribution in [-0.4, -0.2) is 83.7 Å². The molecule has 6 rings (SSSR count). The molecule has 11 heteroatoms. The topological polar surface area (TPSA) is 114 Å². The van der Waals surface area contributed by atoms with Gasteiger partial charge in [0.05, 0.1) is 23.1 Å². The highest BCUT2D eigenvalue weighted by atomic mass is 19.1. The summed E-state index contributed by atoms with van der Waals surface area (Å²) in [7, 11) is 0. The normalized spacial score (nSPS) is 24.1. The fourth-order valence-corrected chi connectivity index (χ4v) is 7.66. The molecule has 0 aromatic carbocycles. The predicted molar refractivity (Wildman–Crippen MR) is 164 cm³/mol. The predicted octanol–water partition coefficient (Wildman–Crippen LogP) is 4.71. The molecule has 230 valence electrons. The average Bonchev–Trinajstić information content (AvgIpc) is 3.36. The molecule has 42 heavy (non-hydrogen) atoms. The number of alkyl halides is 1. The summed E-state index contributed by atoms with van der Waals surface area (Å²) in [5, 5.41) is 10.9. The molecule has 3 aliphatic heterocycles. The number of nitrogens with two attached hydrogens (primary N) is 1. The number of nitrogens with one attached hydrogen (secondary N) is 2. The molecule has 3 fully saturated rings. The van der Waals surface area contributed by atoms with Crippen LogP contribution in [-0.2, 0) is 10.3 Å². The maximum absolute atomic E-state index is 15.8. The molecule has 5 heterocycles. The molecular weight excluding hydrogens is 535 g/mol. The van der Waals surface area contributed by atoms with Crippen molar-refractivity contribution in [3.63, 3.8) is 0 Å². The second kappa shape index (κ2) is 12.8. The zero-order valence-electron chi connectivity index (χ0n) is 25.0. The van der Waals surface area contributed by atoms with Crippen molar-refractivity contribution in [1.29, 1.82) is 0 Å². The zero-order valence-corrected chi connectivity index (χ0v) is 25.0. The number of fused-ring (bicyclic) bond motifs is 2. The first-order valence-electron chi connectivity index (χ1n) is 16.1. The van der Waals surface area contributed by atoms with Crippen molar-refractivity contribution in [1.82, 2.24) is 19.7 Å². The van der Waals surface area contributed by atoms with Gasteiger partial charge in [0.2, 0.25) is 0 Å². The van der Waals surface area contributed by atoms with E-state index >= 15 is 4.39 Å². The molecule has 2 aromatic heterocycles. The van der Waals surface area contributed by atoms with E-state index in [1.807, 2.05) is 13.1 Å². The average molecular weight is 583 g/mol. The Hall–Kier alpha value is -2.92. The van der Waals surface area contributed by atoms with E-state index in [2.05, 4.69) is 30.5 Å². The number of hydrogen-bond acceptors (Lipinski definition) is 8. The summed E-state index contributed by atoms with van der Waals surface area (Å²) in [6.07, 6.45) is 13.7. The highest BCUT2D eigenvalue weighted by molar-refractivity contribution is 6.12. The maximum atomic E-state index is 15.8. The van der Waals surface area contributed by atoms with Crippen LogP contribution in [0.25, 0.3) is 0 Å². The van der Waals surface area contributed by atoms with E-state index in [4.69, 9.17) is 10.5 Å². The van der Waals surface area contributed by atoms with E-state index in [1.54, 1.807) is 10.9 Å². The van der Waals surface area contributed by atoms with Gasteiger partial charge in [-0.15, -0.1) is 0 Å². The lowest BCUT2D eigenvalue weighted by molar-refractivity contribution is 0.0321. The van der Waals surface area contributed by atoms with Gasteiger partial charge in [0.1, 0.15) is 17.6 Å². The molecule has 1 atom stereocenters. The number of pyridine rings is 1. The van der Waals surface area contributed by atoms with Gasteiger partial charge in [0.25, 0.3) is 5.91 Å². The summed E-state index contributed by atoms with van der Waals surface area (Å²) in [4.78, 5) is 23.2. The number of nitrogens with zero attached hydrogens (tertiary/aromatic N) is 5. The molecule has 4 aliphatic rings. The zero-order chi connectivity index (χ0) is 29.1. The second-order valence-electron chi connectivity index (χ2n) is 12.6. The van der Waals surface area contributed by atoms with Crippen LogP contribution in [0.4, 0.5) is 27.4 Å². The Morgan fingerprint density at radius 3 is 2.40 bits per heavy atom. The number of anilines is 4. The van der Waals surface area contributed by atoms with Crippen molar-refractivity contribution >= 4 is 28.9 Å². The first kappa shape index (κ1) is 29.2. The smallest absolute Gasteiger partial charge is 0.263 e. The van der Waals surface area contributed by atoms with E-state index in [0.717, 1.165) is 89.2 Å². The van der Waals surface area contributed by atoms with Gasteiger partial charge in [-0.05, 0) is 38.2 Å². The monoisotopic (exact) mass is 582 g/mol. The number of nitrogen functional groups attached to an aromatic ring is 1. The third-order valence-corrected chi connectivity index (χ3v) is 10.00. The lowest BCUT2D eigenvalue weighted by atomic mass is 9.80. The Bertz CT molecular complexity index is 1230. The first-order chi connectivity index (χ1) is 20.5. The molecule has 2 saturated heterocycles. The quantitative estimate of drug-likeness (QED) is 0.475. The van der Waals surface area contributed by atoms with Gasteiger partial charge in [0, 0.05) is 58.2 Å². The molecule has 1 aliphatic carbocycles. The molecule has 4 N–H and O–H groups in total. The Morgan fingerprint density at radius 2 is 1.71 bits per heavy atom. The molecule has 2 aromatic rings. The van der Waals surface area contributed by atoms with Crippen LogP contribution in [0.2, 0.25) is 0 Å². The third kappa shape index (κ3) is 5.69. The van der Waals surface area contributed by atoms with Crippen molar-refractivity contribution in [3.8, 4) is 0 Å². The van der Waals surface area contributed by atoms with Gasteiger partial charge in [0.15, 0.2) is 5.82 Å². The fraction of sp³-hybridized carbons (Fsp3) is 0.710. The lowest BCUT2D eigenvalue weighted by Crippen LogP contribution is -2.52. The van der Waals surface area contributed by atoms with Crippen LogP contribution >= 0.6 is 0 Å². The van der Waals surface area contributed by atoms with Crippen molar-refractivity contribution in [2.24, 2.45) is 0 Å². The number of amides is 1. The van der Waals surface area contributed by atoms with Crippen LogP contribution in [0.15, 0.2) is 12.4 Å². The summed E-state index contributed by atoms with van der Waals surface area (Å²) in [6, 6.07) is 0.585. The van der Waals surface area contributed by atoms with Crippen molar-refractivity contribution in [2.45, 2.75) is 95.3 Å². The van der Waals surface area contributed by atoms with E-state index in [9.17, 15) is 4.79 Å². The van der Waals surface area contributed by atoms with Gasteiger partial charge in [-0.1, -0.05) is 44.9 Å². The number of hydrogen-bond donors (Lipinski definition) is 3. The molecule has 0 bridgehead atoms. The Morgan fingerprint density at radius 1 is 1.05 bits per heavy atom. The van der Waals surface area contributed by atoms with Gasteiger partial charge < -0.3 is 26.0 Å². The molecule has 1 amide bonds. The van der Waals surface area contributed by atoms with Crippen LogP contribution in [0, 0.1) is 6.92 Å². The summed E-state index contributed by atoms with van der Waals surface area (Å²) in [6.45, 7) is 7.56. The number of aryl methyl sites for hydroxylation is 1. The summed E-state index contributed by atoms with van der Waals surface area (Å²) in [5.41, 5.74) is 8.61. The number of halogens is 1. The number of ether oxygens (including phenoxy) is 1. The lowest BCUT2D eigenvalue weighted by Gasteiger charge is -2.42. The van der Waals surface area contributed by atoms with Crippen LogP contribution in [0.5, 0.6) is 0 Å². The number of piperazine rings is 1. The number of aromatic nitrogens is 3. The highest BCUT2D eigenvalue weighted by Crippen LogP contribution is 2.43. The largest absolute Gasteiger partial charge is 0.381 e. The Kier molecular flexibility index (Phi) is 8.85. The summed E-state index contributed by atoms with van der Waals surface area (Å²) >= 11 is 0. The highest BCUT2D eigenvalue weighted by Gasteiger charge is 2.47. The summed E-state index contributed by atoms with van der Waals surface area (Å²) in [5.74, 6) is 0.319. The number of carbonyl (C=O) groups excluding carboxylic acids is 1. The van der Waals surface area contributed by atoms with Gasteiger partial charge in [-0.3, -0.25) is 14.7 Å². The van der Waals surface area contributed by atoms with Crippen molar-refractivity contribution in [3.05, 3.63) is 23.5 Å². The fourth-order valence-electron chi connectivity index (χ4n) is 7.66. The van der Waals surface area contributed by atoms with Gasteiger partial charge in [-0.2, -0.15) is 5.10 Å². The minimum atomic E-state index is -1.09. The second-order valence-corrected chi connectivity index (χ2v) is 12.6. The Labute approximate surface area is 248 Å². The molecule has 1 saturated carbocycles. The SMILES string of the molecule is Cc1cncc(NC(=O)c2c(N)nn3c2NCC(F)C32CCCCCCCCC2)c1N1CCN(C2CCOCC2)CC1. The van der Waals surface area contributed by atoms with Gasteiger partial charge in [-0.25, -0.2) is 9.07 Å². The van der Waals surface area contributed by atoms with Gasteiger partial charge >= 0.3 is 0 Å². The minimum Gasteiger partial charge on any atom is -0.381 e. The Balaban J connectivity index is 1.23. The molecule has 1 unspecified atom stereocenters. The number of carbonyl (C=O) groups is 1. The van der Waals surface area contributed by atoms with E-state index in [1.165, 1.54) is 19.3 Å². The molecule has 1 spiro atoms. The van der Waals surface area contributed by atoms with Crippen LogP contribution < -0.4 is 21.3 Å². The number of rotatable bonds is 4. The van der Waals surface area contributed by atoms with Crippen molar-refractivity contribution in [2.75, 3.05) is 67.2 Å². The molecule has 10 nitrogen and oxygen atoms in total.